The predicted octanol–water partition coefficient (Wildman–Crippen LogP) is 5.68. The minimum absolute atomic E-state index is 0.0628. The molecule has 0 spiro atoms. The van der Waals surface area contributed by atoms with Gasteiger partial charge in [0.15, 0.2) is 0 Å². The molecule has 2 atom stereocenters. The normalized spacial score (nSPS) is 12.4. The van der Waals surface area contributed by atoms with Gasteiger partial charge >= 0.3 is 6.09 Å². The molecule has 44 heavy (non-hydrogen) atoms. The lowest BCUT2D eigenvalue weighted by molar-refractivity contribution is -0.141. The summed E-state index contributed by atoms with van der Waals surface area (Å²) < 4.78 is 5.40. The molecule has 2 unspecified atom stereocenters. The smallest absolute Gasteiger partial charge is 0.408 e. The lowest BCUT2D eigenvalue weighted by atomic mass is 9.99. The first kappa shape index (κ1) is 33.7. The van der Waals surface area contributed by atoms with Crippen molar-refractivity contribution in [2.75, 3.05) is 11.9 Å². The van der Waals surface area contributed by atoms with Gasteiger partial charge in [0.25, 0.3) is 5.91 Å². The monoisotopic (exact) mass is 598 g/mol. The number of ether oxygens (including phenoxy) is 1. The number of anilines is 1. The van der Waals surface area contributed by atoms with E-state index in [0.717, 1.165) is 23.6 Å². The first-order chi connectivity index (χ1) is 20.9. The molecule has 4 N–H and O–H groups in total. The number of fused-ring (bicyclic) bond motifs is 1. The molecule has 3 aromatic rings. The van der Waals surface area contributed by atoms with Crippen molar-refractivity contribution >= 4 is 40.3 Å². The molecule has 0 bridgehead atoms. The van der Waals surface area contributed by atoms with Crippen LogP contribution < -0.4 is 16.4 Å². The summed E-state index contributed by atoms with van der Waals surface area (Å²) in [5, 5.41) is 7.57. The largest absolute Gasteiger partial charge is 0.444 e. The van der Waals surface area contributed by atoms with Gasteiger partial charge in [-0.3, -0.25) is 14.4 Å². The number of hydrogen-bond donors (Lipinski definition) is 3. The Kier molecular flexibility index (Phi) is 11.9. The van der Waals surface area contributed by atoms with Crippen molar-refractivity contribution in [3.63, 3.8) is 0 Å². The molecule has 3 rings (SSSR count). The molecule has 0 aromatic heterocycles. The first-order valence-corrected chi connectivity index (χ1v) is 14.9. The van der Waals surface area contributed by atoms with E-state index < -0.39 is 41.5 Å². The number of rotatable bonds is 13. The van der Waals surface area contributed by atoms with Gasteiger partial charge in [0.05, 0.1) is 0 Å². The summed E-state index contributed by atoms with van der Waals surface area (Å²) in [4.78, 5) is 54.4. The Labute approximate surface area is 259 Å². The maximum Gasteiger partial charge on any atom is 0.408 e. The van der Waals surface area contributed by atoms with E-state index in [-0.39, 0.29) is 19.4 Å². The number of unbranched alkanes of at least 4 members (excludes halogenated alkanes) is 2. The highest BCUT2D eigenvalue weighted by Gasteiger charge is 2.36. The van der Waals surface area contributed by atoms with Gasteiger partial charge in [-0.15, -0.1) is 6.42 Å². The highest BCUT2D eigenvalue weighted by molar-refractivity contribution is 6.00. The van der Waals surface area contributed by atoms with E-state index in [1.165, 1.54) is 4.90 Å². The highest BCUT2D eigenvalue weighted by Crippen LogP contribution is 2.27. The first-order valence-electron chi connectivity index (χ1n) is 14.9. The van der Waals surface area contributed by atoms with Crippen molar-refractivity contribution in [1.29, 1.82) is 0 Å². The fourth-order valence-corrected chi connectivity index (χ4v) is 4.80. The van der Waals surface area contributed by atoms with Gasteiger partial charge in [-0.2, -0.15) is 0 Å². The van der Waals surface area contributed by atoms with Crippen LogP contribution in [-0.4, -0.2) is 46.9 Å². The third-order valence-corrected chi connectivity index (χ3v) is 6.92. The second kappa shape index (κ2) is 15.6. The maximum atomic E-state index is 14.3. The Balaban J connectivity index is 2.05. The molecule has 9 heteroatoms. The molecule has 0 fully saturated rings. The molecular formula is C35H42N4O5. The average Bonchev–Trinajstić information content (AvgIpc) is 2.97. The number of nitrogens with two attached hydrogens (primary N) is 1. The van der Waals surface area contributed by atoms with Crippen LogP contribution in [0.3, 0.4) is 0 Å². The molecule has 0 saturated carbocycles. The summed E-state index contributed by atoms with van der Waals surface area (Å²) in [6, 6.07) is 18.0. The summed E-state index contributed by atoms with van der Waals surface area (Å²) in [6.07, 6.45) is 6.85. The van der Waals surface area contributed by atoms with Crippen molar-refractivity contribution in [3.05, 3.63) is 77.9 Å². The van der Waals surface area contributed by atoms with Crippen LogP contribution in [0.5, 0.6) is 0 Å². The lowest BCUT2D eigenvalue weighted by Crippen LogP contribution is -2.52. The Morgan fingerprint density at radius 2 is 1.66 bits per heavy atom. The number of alkyl carbamates (subject to hydrolysis) is 1. The molecule has 0 aliphatic rings. The summed E-state index contributed by atoms with van der Waals surface area (Å²) in [7, 11) is 0. The fourth-order valence-electron chi connectivity index (χ4n) is 4.80. The number of carbonyl (C=O) groups is 4. The van der Waals surface area contributed by atoms with Crippen LogP contribution in [0.1, 0.15) is 77.0 Å². The summed E-state index contributed by atoms with van der Waals surface area (Å²) >= 11 is 0. The molecular weight excluding hydrogens is 556 g/mol. The second-order valence-electron chi connectivity index (χ2n) is 11.7. The van der Waals surface area contributed by atoms with Crippen molar-refractivity contribution in [2.45, 2.75) is 77.5 Å². The number of benzene rings is 3. The summed E-state index contributed by atoms with van der Waals surface area (Å²) in [5.74, 6) is 0.975. The van der Waals surface area contributed by atoms with Crippen LogP contribution in [0.2, 0.25) is 0 Å². The molecule has 0 radical (unpaired) electrons. The van der Waals surface area contributed by atoms with Gasteiger partial charge in [-0.05, 0) is 74.2 Å². The quantitative estimate of drug-likeness (QED) is 0.172. The Hall–Kier alpha value is -4.84. The van der Waals surface area contributed by atoms with E-state index in [0.29, 0.717) is 23.2 Å². The van der Waals surface area contributed by atoms with Crippen molar-refractivity contribution in [3.8, 4) is 12.3 Å². The van der Waals surface area contributed by atoms with E-state index in [1.54, 1.807) is 45.0 Å². The molecule has 0 aliphatic carbocycles. The van der Waals surface area contributed by atoms with Crippen molar-refractivity contribution in [2.24, 2.45) is 5.73 Å². The van der Waals surface area contributed by atoms with Crippen LogP contribution in [0.25, 0.3) is 10.8 Å². The number of terminal acetylenes is 1. The minimum Gasteiger partial charge on any atom is -0.444 e. The van der Waals surface area contributed by atoms with Gasteiger partial charge in [-0.1, -0.05) is 68.2 Å². The molecule has 9 nitrogen and oxygen atoms in total. The topological polar surface area (TPSA) is 131 Å². The van der Waals surface area contributed by atoms with Gasteiger partial charge in [-0.25, -0.2) is 4.79 Å². The Morgan fingerprint density at radius 3 is 2.27 bits per heavy atom. The number of carbonyl (C=O) groups excluding carboxylic acids is 4. The lowest BCUT2D eigenvalue weighted by Gasteiger charge is -2.34. The van der Waals surface area contributed by atoms with Gasteiger partial charge < -0.3 is 26.0 Å². The van der Waals surface area contributed by atoms with Crippen molar-refractivity contribution < 1.29 is 23.9 Å². The minimum atomic E-state index is -1.17. The third kappa shape index (κ3) is 9.87. The van der Waals surface area contributed by atoms with E-state index in [9.17, 15) is 19.2 Å². The Bertz CT molecular complexity index is 1500. The van der Waals surface area contributed by atoms with Crippen LogP contribution in [0.15, 0.2) is 66.7 Å². The van der Waals surface area contributed by atoms with Crippen LogP contribution in [0.4, 0.5) is 10.5 Å². The van der Waals surface area contributed by atoms with E-state index in [2.05, 4.69) is 16.6 Å². The molecule has 0 saturated heterocycles. The standard InChI is InChI=1S/C35H42N4O5/c1-6-8-11-22-39(33(42)29(20-21-30(36)40)38-34(43)44-35(3,4)5)31(26-16-14-24(7-2)15-17-26)32(41)37-28-19-18-25-12-9-10-13-27(25)23-28/h2,9-10,12-19,23,29,31H,6,8,11,20-22H2,1,3-5H3,(H2,36,40)(H,37,41)(H,38,43). The molecule has 0 heterocycles. The number of nitrogens with one attached hydrogen (secondary N) is 2. The zero-order chi connectivity index (χ0) is 32.3. The fraction of sp³-hybridized carbons (Fsp3) is 0.371. The number of primary amides is 1. The summed E-state index contributed by atoms with van der Waals surface area (Å²) in [6.45, 7) is 7.38. The van der Waals surface area contributed by atoms with Gasteiger partial charge in [0, 0.05) is 24.2 Å². The summed E-state index contributed by atoms with van der Waals surface area (Å²) in [5.41, 5.74) is 6.32. The number of nitrogens with zero attached hydrogens (tertiary/aromatic N) is 1. The number of amides is 4. The SMILES string of the molecule is C#Cc1ccc(C(C(=O)Nc2ccc3ccccc3c2)N(CCCCC)C(=O)C(CCC(N)=O)NC(=O)OC(C)(C)C)cc1. The van der Waals surface area contributed by atoms with E-state index in [1.807, 2.05) is 49.4 Å². The average molecular weight is 599 g/mol. The zero-order valence-electron chi connectivity index (χ0n) is 25.9. The number of hydrogen-bond acceptors (Lipinski definition) is 5. The molecule has 232 valence electrons. The van der Waals surface area contributed by atoms with Crippen LogP contribution >= 0.6 is 0 Å². The highest BCUT2D eigenvalue weighted by atomic mass is 16.6. The van der Waals surface area contributed by atoms with E-state index in [4.69, 9.17) is 16.9 Å². The second-order valence-corrected chi connectivity index (χ2v) is 11.7. The third-order valence-electron chi connectivity index (χ3n) is 6.92. The van der Waals surface area contributed by atoms with Gasteiger partial charge in [0.2, 0.25) is 11.8 Å². The van der Waals surface area contributed by atoms with Crippen LogP contribution in [-0.2, 0) is 19.1 Å². The zero-order valence-corrected chi connectivity index (χ0v) is 25.9. The predicted molar refractivity (Wildman–Crippen MR) is 173 cm³/mol. The molecule has 4 amide bonds. The van der Waals surface area contributed by atoms with Gasteiger partial charge in [0.1, 0.15) is 17.7 Å². The van der Waals surface area contributed by atoms with Crippen molar-refractivity contribution in [1.82, 2.24) is 10.2 Å². The molecule has 3 aromatic carbocycles. The van der Waals surface area contributed by atoms with Crippen LogP contribution in [0, 0.1) is 12.3 Å². The van der Waals surface area contributed by atoms with E-state index >= 15 is 0 Å². The molecule has 0 aliphatic heterocycles. The Morgan fingerprint density at radius 1 is 0.977 bits per heavy atom. The maximum absolute atomic E-state index is 14.3.